The molecule has 1 aromatic carbocycles. The molecule has 0 fully saturated rings. The maximum atomic E-state index is 5.30. The topological polar surface area (TPSA) is 37.9 Å². The fraction of sp³-hybridized carbons (Fsp3) is 0.400. The number of hydrogen-bond acceptors (Lipinski definition) is 2. The molecular formula is C15H18N2O. The van der Waals surface area contributed by atoms with Gasteiger partial charge in [-0.25, -0.2) is 4.98 Å². The smallest absolute Gasteiger partial charge is 0.119 e. The zero-order valence-corrected chi connectivity index (χ0v) is 10.6. The summed E-state index contributed by atoms with van der Waals surface area (Å²) in [6.45, 7) is 0. The third-order valence-electron chi connectivity index (χ3n) is 3.80. The van der Waals surface area contributed by atoms with Crippen molar-refractivity contribution in [3.63, 3.8) is 0 Å². The average Bonchev–Trinajstić information content (AvgIpc) is 2.91. The van der Waals surface area contributed by atoms with E-state index in [1.165, 1.54) is 30.4 Å². The Balaban J connectivity index is 1.87. The van der Waals surface area contributed by atoms with Crippen LogP contribution in [0.25, 0.3) is 0 Å². The Hall–Kier alpha value is -1.77. The molecule has 0 saturated heterocycles. The van der Waals surface area contributed by atoms with Gasteiger partial charge in [-0.3, -0.25) is 0 Å². The molecule has 1 aliphatic carbocycles. The van der Waals surface area contributed by atoms with Gasteiger partial charge in [0.05, 0.1) is 19.1 Å². The first-order valence-electron chi connectivity index (χ1n) is 6.51. The zero-order valence-electron chi connectivity index (χ0n) is 10.6. The lowest BCUT2D eigenvalue weighted by Gasteiger charge is -2.25. The number of aryl methyl sites for hydroxylation is 1. The number of rotatable bonds is 3. The monoisotopic (exact) mass is 242 g/mol. The van der Waals surface area contributed by atoms with E-state index in [0.717, 1.165) is 17.9 Å². The molecule has 0 radical (unpaired) electrons. The van der Waals surface area contributed by atoms with E-state index in [2.05, 4.69) is 28.2 Å². The SMILES string of the molecule is COc1ccc2c(c1)CCCC2Cc1c[nH]cn1. The van der Waals surface area contributed by atoms with E-state index in [1.54, 1.807) is 13.4 Å². The average molecular weight is 242 g/mol. The van der Waals surface area contributed by atoms with Crippen LogP contribution in [0.15, 0.2) is 30.7 Å². The van der Waals surface area contributed by atoms with Crippen LogP contribution in [0.4, 0.5) is 0 Å². The fourth-order valence-corrected chi connectivity index (χ4v) is 2.89. The molecule has 3 nitrogen and oxygen atoms in total. The van der Waals surface area contributed by atoms with Crippen molar-refractivity contribution in [2.24, 2.45) is 0 Å². The molecule has 1 heterocycles. The molecule has 1 unspecified atom stereocenters. The van der Waals surface area contributed by atoms with Crippen LogP contribution in [-0.2, 0) is 12.8 Å². The first-order valence-corrected chi connectivity index (χ1v) is 6.51. The number of aromatic nitrogens is 2. The van der Waals surface area contributed by atoms with Crippen molar-refractivity contribution in [3.05, 3.63) is 47.5 Å². The fourth-order valence-electron chi connectivity index (χ4n) is 2.89. The van der Waals surface area contributed by atoms with Gasteiger partial charge in [-0.15, -0.1) is 0 Å². The minimum absolute atomic E-state index is 0.600. The second kappa shape index (κ2) is 4.84. The molecule has 1 aliphatic rings. The van der Waals surface area contributed by atoms with Crippen LogP contribution in [-0.4, -0.2) is 17.1 Å². The number of fused-ring (bicyclic) bond motifs is 1. The van der Waals surface area contributed by atoms with Gasteiger partial charge < -0.3 is 9.72 Å². The summed E-state index contributed by atoms with van der Waals surface area (Å²) in [6.07, 6.45) is 8.47. The van der Waals surface area contributed by atoms with Gasteiger partial charge in [0.25, 0.3) is 0 Å². The Morgan fingerprint density at radius 1 is 1.44 bits per heavy atom. The predicted molar refractivity (Wildman–Crippen MR) is 71.0 cm³/mol. The van der Waals surface area contributed by atoms with Crippen LogP contribution in [0.1, 0.15) is 35.6 Å². The normalized spacial score (nSPS) is 18.4. The number of nitrogens with zero attached hydrogens (tertiary/aromatic N) is 1. The quantitative estimate of drug-likeness (QED) is 0.898. The second-order valence-electron chi connectivity index (χ2n) is 4.92. The van der Waals surface area contributed by atoms with E-state index in [9.17, 15) is 0 Å². The molecule has 0 aliphatic heterocycles. The molecule has 0 spiro atoms. The highest BCUT2D eigenvalue weighted by molar-refractivity contribution is 5.39. The van der Waals surface area contributed by atoms with Crippen LogP contribution < -0.4 is 4.74 Å². The number of aromatic amines is 1. The number of hydrogen-bond donors (Lipinski definition) is 1. The summed E-state index contributed by atoms with van der Waals surface area (Å²) in [6, 6.07) is 6.48. The third kappa shape index (κ3) is 2.13. The van der Waals surface area contributed by atoms with E-state index in [4.69, 9.17) is 4.74 Å². The van der Waals surface area contributed by atoms with Crippen LogP contribution in [0.3, 0.4) is 0 Å². The molecule has 0 amide bonds. The van der Waals surface area contributed by atoms with Crippen LogP contribution in [0.2, 0.25) is 0 Å². The summed E-state index contributed by atoms with van der Waals surface area (Å²) in [7, 11) is 1.73. The summed E-state index contributed by atoms with van der Waals surface area (Å²) in [4.78, 5) is 7.37. The van der Waals surface area contributed by atoms with Gasteiger partial charge in [-0.1, -0.05) is 6.07 Å². The third-order valence-corrected chi connectivity index (χ3v) is 3.80. The maximum absolute atomic E-state index is 5.30. The van der Waals surface area contributed by atoms with Crippen molar-refractivity contribution in [2.75, 3.05) is 7.11 Å². The number of benzene rings is 1. The van der Waals surface area contributed by atoms with Crippen LogP contribution >= 0.6 is 0 Å². The summed E-state index contributed by atoms with van der Waals surface area (Å²) in [5, 5.41) is 0. The Bertz CT molecular complexity index is 519. The molecule has 2 aromatic rings. The van der Waals surface area contributed by atoms with Gasteiger partial charge in [-0.05, 0) is 54.9 Å². The maximum Gasteiger partial charge on any atom is 0.119 e. The van der Waals surface area contributed by atoms with Crippen molar-refractivity contribution in [3.8, 4) is 5.75 Å². The van der Waals surface area contributed by atoms with Crippen molar-refractivity contribution < 1.29 is 4.74 Å². The first-order chi connectivity index (χ1) is 8.86. The van der Waals surface area contributed by atoms with Crippen LogP contribution in [0, 0.1) is 0 Å². The number of imidazole rings is 1. The lowest BCUT2D eigenvalue weighted by atomic mass is 9.80. The minimum atomic E-state index is 0.600. The molecule has 1 aromatic heterocycles. The van der Waals surface area contributed by atoms with Gasteiger partial charge in [0.1, 0.15) is 5.75 Å². The van der Waals surface area contributed by atoms with Gasteiger partial charge >= 0.3 is 0 Å². The van der Waals surface area contributed by atoms with E-state index >= 15 is 0 Å². The molecule has 0 saturated carbocycles. The second-order valence-corrected chi connectivity index (χ2v) is 4.92. The van der Waals surface area contributed by atoms with Gasteiger partial charge in [-0.2, -0.15) is 0 Å². The Morgan fingerprint density at radius 2 is 2.39 bits per heavy atom. The van der Waals surface area contributed by atoms with Crippen LogP contribution in [0.5, 0.6) is 5.75 Å². The highest BCUT2D eigenvalue weighted by Crippen LogP contribution is 2.35. The predicted octanol–water partition coefficient (Wildman–Crippen LogP) is 3.08. The summed E-state index contributed by atoms with van der Waals surface area (Å²) >= 11 is 0. The van der Waals surface area contributed by atoms with Crippen molar-refractivity contribution in [1.29, 1.82) is 0 Å². The summed E-state index contributed by atoms with van der Waals surface area (Å²) < 4.78 is 5.30. The molecule has 1 N–H and O–H groups in total. The highest BCUT2D eigenvalue weighted by Gasteiger charge is 2.21. The summed E-state index contributed by atoms with van der Waals surface area (Å²) in [5.41, 5.74) is 4.08. The lowest BCUT2D eigenvalue weighted by molar-refractivity contribution is 0.413. The standard InChI is InChI=1S/C15H18N2O/c1-18-14-5-6-15-11(3-2-4-12(15)8-14)7-13-9-16-10-17-13/h5-6,8-11H,2-4,7H2,1H3,(H,16,17). The number of H-pyrrole nitrogens is 1. The molecule has 94 valence electrons. The molecule has 3 rings (SSSR count). The van der Waals surface area contributed by atoms with E-state index in [-0.39, 0.29) is 0 Å². The van der Waals surface area contributed by atoms with E-state index < -0.39 is 0 Å². The first kappa shape index (κ1) is 11.3. The summed E-state index contributed by atoms with van der Waals surface area (Å²) in [5.74, 6) is 1.57. The highest BCUT2D eigenvalue weighted by atomic mass is 16.5. The van der Waals surface area contributed by atoms with Gasteiger partial charge in [0.2, 0.25) is 0 Å². The molecular weight excluding hydrogens is 224 g/mol. The van der Waals surface area contributed by atoms with E-state index in [1.807, 2.05) is 6.20 Å². The minimum Gasteiger partial charge on any atom is -0.497 e. The number of nitrogens with one attached hydrogen (secondary N) is 1. The largest absolute Gasteiger partial charge is 0.497 e. The molecule has 0 bridgehead atoms. The van der Waals surface area contributed by atoms with Crippen molar-refractivity contribution in [1.82, 2.24) is 9.97 Å². The molecule has 3 heteroatoms. The van der Waals surface area contributed by atoms with E-state index in [0.29, 0.717) is 5.92 Å². The molecule has 18 heavy (non-hydrogen) atoms. The Kier molecular flexibility index (Phi) is 3.05. The van der Waals surface area contributed by atoms with Crippen molar-refractivity contribution >= 4 is 0 Å². The van der Waals surface area contributed by atoms with Gasteiger partial charge in [0, 0.05) is 6.20 Å². The zero-order chi connectivity index (χ0) is 12.4. The van der Waals surface area contributed by atoms with Crippen molar-refractivity contribution in [2.45, 2.75) is 31.6 Å². The van der Waals surface area contributed by atoms with Gasteiger partial charge in [0.15, 0.2) is 0 Å². The number of ether oxygens (including phenoxy) is 1. The Morgan fingerprint density at radius 3 is 3.17 bits per heavy atom. The number of methoxy groups -OCH3 is 1. The molecule has 1 atom stereocenters. The Labute approximate surface area is 107 Å². The lowest BCUT2D eigenvalue weighted by Crippen LogP contribution is -2.12.